The summed E-state index contributed by atoms with van der Waals surface area (Å²) in [6.07, 6.45) is 2.00. The highest BCUT2D eigenvalue weighted by Gasteiger charge is 2.25. The Morgan fingerprint density at radius 3 is 2.30 bits per heavy atom. The summed E-state index contributed by atoms with van der Waals surface area (Å²) in [6.45, 7) is 12.3. The van der Waals surface area contributed by atoms with Crippen LogP contribution in [0.25, 0.3) is 0 Å². The van der Waals surface area contributed by atoms with Crippen molar-refractivity contribution in [2.24, 2.45) is 0 Å². The zero-order chi connectivity index (χ0) is 27.7. The van der Waals surface area contributed by atoms with Crippen LogP contribution in [0.15, 0.2) is 35.5 Å². The molecule has 2 aromatic rings. The first kappa shape index (κ1) is 28.9. The smallest absolute Gasteiger partial charge is 0.236 e. The van der Waals surface area contributed by atoms with E-state index in [1.54, 1.807) is 18.9 Å². The molecule has 0 atom stereocenters. The van der Waals surface area contributed by atoms with Gasteiger partial charge in [-0.3, -0.25) is 14.6 Å². The summed E-state index contributed by atoms with van der Waals surface area (Å²) in [5.74, 6) is 1.94. The Hall–Kier alpha value is -2.64. The molecule has 0 bridgehead atoms. The van der Waals surface area contributed by atoms with E-state index in [0.29, 0.717) is 6.54 Å². The number of piperazine rings is 2. The second-order valence-electron chi connectivity index (χ2n) is 10.3. The van der Waals surface area contributed by atoms with E-state index in [0.717, 1.165) is 114 Å². The minimum absolute atomic E-state index is 0.234. The van der Waals surface area contributed by atoms with Crippen LogP contribution in [0.5, 0.6) is 0 Å². The molecule has 0 unspecified atom stereocenters. The molecule has 0 radical (unpaired) electrons. The molecular formula is C28H42N8O3S. The minimum atomic E-state index is 0.234. The molecule has 0 saturated carbocycles. The minimum Gasteiger partial charge on any atom is -0.383 e. The zero-order valence-electron chi connectivity index (χ0n) is 23.8. The molecule has 11 nitrogen and oxygen atoms in total. The van der Waals surface area contributed by atoms with Crippen molar-refractivity contribution in [1.82, 2.24) is 24.7 Å². The number of nitrogens with one attached hydrogen (secondary N) is 1. The number of thioether (sulfide) groups is 1. The van der Waals surface area contributed by atoms with Gasteiger partial charge in [0.15, 0.2) is 5.16 Å². The molecular weight excluding hydrogens is 528 g/mol. The van der Waals surface area contributed by atoms with Crippen LogP contribution >= 0.6 is 11.8 Å². The third kappa shape index (κ3) is 7.76. The van der Waals surface area contributed by atoms with E-state index >= 15 is 0 Å². The van der Waals surface area contributed by atoms with Gasteiger partial charge < -0.3 is 29.5 Å². The van der Waals surface area contributed by atoms with Crippen molar-refractivity contribution < 1.29 is 14.3 Å². The zero-order valence-corrected chi connectivity index (χ0v) is 24.6. The first-order chi connectivity index (χ1) is 19.6. The summed E-state index contributed by atoms with van der Waals surface area (Å²) in [4.78, 5) is 33.7. The average Bonchev–Trinajstić information content (AvgIpc) is 3.01. The largest absolute Gasteiger partial charge is 0.383 e. The number of aromatic nitrogens is 2. The molecule has 3 aliphatic heterocycles. The van der Waals surface area contributed by atoms with Gasteiger partial charge in [0.05, 0.1) is 26.4 Å². The lowest BCUT2D eigenvalue weighted by atomic mass is 10.2. The molecule has 0 aliphatic carbocycles. The molecule has 218 valence electrons. The van der Waals surface area contributed by atoms with Crippen LogP contribution in [0.3, 0.4) is 0 Å². The number of carbonyl (C=O) groups excluding carboxylic acids is 1. The number of amides is 1. The molecule has 12 heteroatoms. The molecule has 4 heterocycles. The number of morpholine rings is 1. The van der Waals surface area contributed by atoms with Crippen molar-refractivity contribution in [2.45, 2.75) is 5.16 Å². The fraction of sp³-hybridized carbons (Fsp3) is 0.607. The number of hydrogen-bond donors (Lipinski definition) is 1. The summed E-state index contributed by atoms with van der Waals surface area (Å²) in [6, 6.07) is 10.5. The summed E-state index contributed by atoms with van der Waals surface area (Å²) in [5, 5.41) is 4.21. The maximum Gasteiger partial charge on any atom is 0.236 e. The van der Waals surface area contributed by atoms with Gasteiger partial charge in [-0.15, -0.1) is 0 Å². The van der Waals surface area contributed by atoms with Crippen LogP contribution in [0.2, 0.25) is 0 Å². The van der Waals surface area contributed by atoms with Crippen LogP contribution in [-0.2, 0) is 14.3 Å². The highest BCUT2D eigenvalue weighted by Crippen LogP contribution is 2.26. The maximum absolute atomic E-state index is 12.9. The van der Waals surface area contributed by atoms with Crippen molar-refractivity contribution in [3.8, 4) is 0 Å². The van der Waals surface area contributed by atoms with Crippen LogP contribution in [0.1, 0.15) is 0 Å². The van der Waals surface area contributed by atoms with Gasteiger partial charge in [-0.1, -0.05) is 11.8 Å². The maximum atomic E-state index is 12.9. The van der Waals surface area contributed by atoms with E-state index < -0.39 is 0 Å². The predicted octanol–water partition coefficient (Wildman–Crippen LogP) is 1.69. The van der Waals surface area contributed by atoms with Gasteiger partial charge in [0.25, 0.3) is 0 Å². The second kappa shape index (κ2) is 14.3. The first-order valence-electron chi connectivity index (χ1n) is 14.2. The Labute approximate surface area is 241 Å². The Morgan fingerprint density at radius 1 is 0.925 bits per heavy atom. The van der Waals surface area contributed by atoms with E-state index in [-0.39, 0.29) is 5.91 Å². The molecule has 3 saturated heterocycles. The normalized spacial score (nSPS) is 19.2. The molecule has 40 heavy (non-hydrogen) atoms. The van der Waals surface area contributed by atoms with Gasteiger partial charge in [-0.2, -0.15) is 0 Å². The van der Waals surface area contributed by atoms with Crippen LogP contribution < -0.4 is 15.1 Å². The van der Waals surface area contributed by atoms with Crippen molar-refractivity contribution in [2.75, 3.05) is 127 Å². The first-order valence-corrected chi connectivity index (χ1v) is 15.4. The van der Waals surface area contributed by atoms with Crippen LogP contribution in [-0.4, -0.2) is 142 Å². The highest BCUT2D eigenvalue weighted by molar-refractivity contribution is 7.98. The number of nitrogens with zero attached hydrogens (tertiary/aromatic N) is 7. The Morgan fingerprint density at radius 2 is 1.62 bits per heavy atom. The van der Waals surface area contributed by atoms with Crippen LogP contribution in [0, 0.1) is 0 Å². The van der Waals surface area contributed by atoms with E-state index in [2.05, 4.69) is 49.2 Å². The summed E-state index contributed by atoms with van der Waals surface area (Å²) < 4.78 is 10.6. The lowest BCUT2D eigenvalue weighted by Gasteiger charge is -2.38. The molecule has 5 rings (SSSR count). The molecule has 0 spiro atoms. The van der Waals surface area contributed by atoms with Crippen molar-refractivity contribution in [3.63, 3.8) is 0 Å². The molecule has 1 amide bonds. The van der Waals surface area contributed by atoms with Gasteiger partial charge in [-0.05, 0) is 30.5 Å². The van der Waals surface area contributed by atoms with Crippen molar-refractivity contribution >= 4 is 40.7 Å². The lowest BCUT2D eigenvalue weighted by Crippen LogP contribution is -2.54. The van der Waals surface area contributed by atoms with E-state index in [4.69, 9.17) is 19.4 Å². The van der Waals surface area contributed by atoms with Gasteiger partial charge in [-0.25, -0.2) is 9.97 Å². The number of methoxy groups -OCH3 is 1. The highest BCUT2D eigenvalue weighted by atomic mass is 32.2. The number of hydrogen-bond acceptors (Lipinski definition) is 11. The Bertz CT molecular complexity index is 1090. The molecule has 1 N–H and O–H groups in total. The van der Waals surface area contributed by atoms with Crippen molar-refractivity contribution in [1.29, 1.82) is 0 Å². The third-order valence-electron chi connectivity index (χ3n) is 7.78. The van der Waals surface area contributed by atoms with E-state index in [9.17, 15) is 4.79 Å². The van der Waals surface area contributed by atoms with Crippen molar-refractivity contribution in [3.05, 3.63) is 30.3 Å². The predicted molar refractivity (Wildman–Crippen MR) is 160 cm³/mol. The second-order valence-corrected chi connectivity index (χ2v) is 11.1. The van der Waals surface area contributed by atoms with E-state index in [1.807, 2.05) is 17.2 Å². The average molecular weight is 571 g/mol. The molecule has 1 aromatic heterocycles. The van der Waals surface area contributed by atoms with Crippen LogP contribution in [0.4, 0.5) is 23.0 Å². The van der Waals surface area contributed by atoms with Gasteiger partial charge in [0, 0.05) is 96.5 Å². The fourth-order valence-electron chi connectivity index (χ4n) is 5.32. The standard InChI is InChI=1S/C28H42N8O3S/c1-38-18-15-32-7-13-36(14-8-32)27(37)22-33-9-11-35(12-10-33)26-21-25(30-28(31-26)40-2)29-23-3-5-24(6-4-23)34-16-19-39-20-17-34/h3-6,21H,7-20,22H2,1-2H3,(H,29,30,31). The molecule has 3 fully saturated rings. The van der Waals surface area contributed by atoms with Gasteiger partial charge in [0.2, 0.25) is 5.91 Å². The summed E-state index contributed by atoms with van der Waals surface area (Å²) >= 11 is 1.54. The number of benzene rings is 1. The SMILES string of the molecule is COCCN1CCN(C(=O)CN2CCN(c3cc(Nc4ccc(N5CCOCC5)cc4)nc(SC)n3)CC2)CC1. The number of rotatable bonds is 10. The Kier molecular flexibility index (Phi) is 10.3. The summed E-state index contributed by atoms with van der Waals surface area (Å²) in [7, 11) is 1.73. The lowest BCUT2D eigenvalue weighted by molar-refractivity contribution is -0.134. The van der Waals surface area contributed by atoms with E-state index in [1.165, 1.54) is 5.69 Å². The topological polar surface area (TPSA) is 89.5 Å². The fourth-order valence-corrected chi connectivity index (χ4v) is 5.70. The monoisotopic (exact) mass is 570 g/mol. The number of ether oxygens (including phenoxy) is 2. The van der Waals surface area contributed by atoms with Gasteiger partial charge in [0.1, 0.15) is 11.6 Å². The number of anilines is 4. The quantitative estimate of drug-likeness (QED) is 0.334. The molecule has 3 aliphatic rings. The summed E-state index contributed by atoms with van der Waals surface area (Å²) in [5.41, 5.74) is 2.21. The Balaban J connectivity index is 1.12. The number of carbonyl (C=O) groups is 1. The molecule has 1 aromatic carbocycles. The van der Waals surface area contributed by atoms with Gasteiger partial charge >= 0.3 is 0 Å². The third-order valence-corrected chi connectivity index (χ3v) is 8.33.